The summed E-state index contributed by atoms with van der Waals surface area (Å²) in [5.74, 6) is 0.0337. The van der Waals surface area contributed by atoms with Crippen LogP contribution in [0.1, 0.15) is 16.7 Å². The number of benzene rings is 3. The maximum Gasteiger partial charge on any atom is 0.255 e. The molecule has 8 heteroatoms. The minimum absolute atomic E-state index is 0.225. The SMILES string of the molecule is COc1cc(/C=C/C(=O)NCc2ccccc2-c2ccc(Cn3cccn3)cc2)ccc1OCC(N)=O. The van der Waals surface area contributed by atoms with Crippen LogP contribution in [-0.2, 0) is 22.7 Å². The summed E-state index contributed by atoms with van der Waals surface area (Å²) in [4.78, 5) is 23.5. The fraction of sp³-hybridized carbons (Fsp3) is 0.138. The Morgan fingerprint density at radius 1 is 1.03 bits per heavy atom. The lowest BCUT2D eigenvalue weighted by molar-refractivity contribution is -0.120. The minimum atomic E-state index is -0.577. The molecule has 3 aromatic carbocycles. The molecule has 37 heavy (non-hydrogen) atoms. The van der Waals surface area contributed by atoms with Gasteiger partial charge in [-0.2, -0.15) is 5.10 Å². The minimum Gasteiger partial charge on any atom is -0.493 e. The van der Waals surface area contributed by atoms with Crippen molar-refractivity contribution in [2.45, 2.75) is 13.1 Å². The van der Waals surface area contributed by atoms with Crippen LogP contribution in [0.15, 0.2) is 91.3 Å². The van der Waals surface area contributed by atoms with E-state index in [0.29, 0.717) is 24.6 Å². The van der Waals surface area contributed by atoms with Crippen molar-refractivity contribution >= 4 is 17.9 Å². The van der Waals surface area contributed by atoms with Gasteiger partial charge >= 0.3 is 0 Å². The molecule has 0 spiro atoms. The van der Waals surface area contributed by atoms with Gasteiger partial charge in [-0.3, -0.25) is 14.3 Å². The molecular weight excluding hydrogens is 468 g/mol. The second-order valence-electron chi connectivity index (χ2n) is 8.27. The summed E-state index contributed by atoms with van der Waals surface area (Å²) < 4.78 is 12.5. The molecule has 0 atom stereocenters. The number of hydrogen-bond donors (Lipinski definition) is 2. The average Bonchev–Trinajstić information content (AvgIpc) is 3.43. The third-order valence-electron chi connectivity index (χ3n) is 5.62. The Kier molecular flexibility index (Phi) is 8.33. The average molecular weight is 497 g/mol. The van der Waals surface area contributed by atoms with Crippen molar-refractivity contribution in [1.29, 1.82) is 0 Å². The van der Waals surface area contributed by atoms with Crippen molar-refractivity contribution in [2.75, 3.05) is 13.7 Å². The molecule has 1 aromatic heterocycles. The monoisotopic (exact) mass is 496 g/mol. The van der Waals surface area contributed by atoms with E-state index in [1.54, 1.807) is 30.5 Å². The van der Waals surface area contributed by atoms with Crippen LogP contribution < -0.4 is 20.5 Å². The largest absolute Gasteiger partial charge is 0.493 e. The second-order valence-corrected chi connectivity index (χ2v) is 8.27. The predicted molar refractivity (Wildman–Crippen MR) is 142 cm³/mol. The van der Waals surface area contributed by atoms with E-state index >= 15 is 0 Å². The quantitative estimate of drug-likeness (QED) is 0.307. The highest BCUT2D eigenvalue weighted by Gasteiger charge is 2.08. The fourth-order valence-corrected chi connectivity index (χ4v) is 3.80. The molecule has 3 N–H and O–H groups in total. The van der Waals surface area contributed by atoms with Gasteiger partial charge in [-0.25, -0.2) is 0 Å². The van der Waals surface area contributed by atoms with E-state index in [2.05, 4.69) is 34.7 Å². The molecule has 0 bridgehead atoms. The zero-order chi connectivity index (χ0) is 26.0. The van der Waals surface area contributed by atoms with Crippen molar-refractivity contribution < 1.29 is 19.1 Å². The fourth-order valence-electron chi connectivity index (χ4n) is 3.80. The molecule has 0 radical (unpaired) electrons. The number of methoxy groups -OCH3 is 1. The summed E-state index contributed by atoms with van der Waals surface area (Å²) in [5, 5.41) is 7.20. The Morgan fingerprint density at radius 2 is 1.84 bits per heavy atom. The first-order valence-electron chi connectivity index (χ1n) is 11.7. The summed E-state index contributed by atoms with van der Waals surface area (Å²) in [6.45, 7) is 0.856. The van der Waals surface area contributed by atoms with Gasteiger partial charge in [-0.1, -0.05) is 54.6 Å². The van der Waals surface area contributed by atoms with E-state index in [1.807, 2.05) is 41.2 Å². The van der Waals surface area contributed by atoms with Gasteiger partial charge in [-0.05, 0) is 52.1 Å². The van der Waals surface area contributed by atoms with Crippen LogP contribution in [0.4, 0.5) is 0 Å². The van der Waals surface area contributed by atoms with Crippen LogP contribution in [0.25, 0.3) is 17.2 Å². The summed E-state index contributed by atoms with van der Waals surface area (Å²) >= 11 is 0. The van der Waals surface area contributed by atoms with Gasteiger partial charge in [0, 0.05) is 25.0 Å². The summed E-state index contributed by atoms with van der Waals surface area (Å²) in [7, 11) is 1.50. The molecule has 0 unspecified atom stereocenters. The van der Waals surface area contributed by atoms with Crippen LogP contribution in [0.5, 0.6) is 11.5 Å². The third-order valence-corrected chi connectivity index (χ3v) is 5.62. The summed E-state index contributed by atoms with van der Waals surface area (Å²) in [5.41, 5.74) is 10.2. The lowest BCUT2D eigenvalue weighted by Gasteiger charge is -2.11. The Morgan fingerprint density at radius 3 is 2.57 bits per heavy atom. The van der Waals surface area contributed by atoms with Gasteiger partial charge in [0.1, 0.15) is 0 Å². The topological polar surface area (TPSA) is 108 Å². The molecule has 0 saturated heterocycles. The molecule has 4 aromatic rings. The Hall–Kier alpha value is -4.85. The number of aromatic nitrogens is 2. The van der Waals surface area contributed by atoms with E-state index in [-0.39, 0.29) is 12.5 Å². The van der Waals surface area contributed by atoms with Crippen LogP contribution in [0.2, 0.25) is 0 Å². The highest BCUT2D eigenvalue weighted by Crippen LogP contribution is 2.28. The van der Waals surface area contributed by atoms with Crippen molar-refractivity contribution in [3.63, 3.8) is 0 Å². The van der Waals surface area contributed by atoms with Gasteiger partial charge in [0.2, 0.25) is 5.91 Å². The molecule has 188 valence electrons. The number of amides is 2. The third kappa shape index (κ3) is 7.08. The number of nitrogens with two attached hydrogens (primary N) is 1. The predicted octanol–water partition coefficient (Wildman–Crippen LogP) is 3.80. The molecule has 4 rings (SSSR count). The van der Waals surface area contributed by atoms with E-state index in [4.69, 9.17) is 15.2 Å². The first-order chi connectivity index (χ1) is 18.0. The van der Waals surface area contributed by atoms with Crippen molar-refractivity contribution in [2.24, 2.45) is 5.73 Å². The van der Waals surface area contributed by atoms with Gasteiger partial charge in [0.25, 0.3) is 5.91 Å². The molecule has 0 aliphatic carbocycles. The molecular formula is C29H28N4O4. The number of rotatable bonds is 11. The first kappa shape index (κ1) is 25.2. The maximum absolute atomic E-state index is 12.5. The summed E-state index contributed by atoms with van der Waals surface area (Å²) in [6, 6.07) is 23.4. The van der Waals surface area contributed by atoms with Crippen LogP contribution in [-0.4, -0.2) is 35.3 Å². The van der Waals surface area contributed by atoms with E-state index < -0.39 is 5.91 Å². The molecule has 0 aliphatic rings. The number of carbonyl (C=O) groups excluding carboxylic acids is 2. The molecule has 2 amide bonds. The Balaban J connectivity index is 1.38. The lowest BCUT2D eigenvalue weighted by atomic mass is 9.98. The molecule has 0 saturated carbocycles. The number of carbonyl (C=O) groups is 2. The number of nitrogens with one attached hydrogen (secondary N) is 1. The van der Waals surface area contributed by atoms with Crippen LogP contribution in [0.3, 0.4) is 0 Å². The highest BCUT2D eigenvalue weighted by molar-refractivity contribution is 5.92. The Labute approximate surface area is 215 Å². The number of hydrogen-bond acceptors (Lipinski definition) is 5. The van der Waals surface area contributed by atoms with Crippen molar-refractivity contribution in [3.05, 3.63) is 108 Å². The van der Waals surface area contributed by atoms with E-state index in [0.717, 1.165) is 27.8 Å². The molecule has 8 nitrogen and oxygen atoms in total. The highest BCUT2D eigenvalue weighted by atomic mass is 16.5. The van der Waals surface area contributed by atoms with Crippen LogP contribution >= 0.6 is 0 Å². The maximum atomic E-state index is 12.5. The lowest BCUT2D eigenvalue weighted by Crippen LogP contribution is -2.20. The normalized spacial score (nSPS) is 10.8. The second kappa shape index (κ2) is 12.2. The van der Waals surface area contributed by atoms with Gasteiger partial charge in [0.05, 0.1) is 13.7 Å². The van der Waals surface area contributed by atoms with Crippen molar-refractivity contribution in [3.8, 4) is 22.6 Å². The molecule has 0 fully saturated rings. The summed E-state index contributed by atoms with van der Waals surface area (Å²) in [6.07, 6.45) is 6.85. The van der Waals surface area contributed by atoms with E-state index in [1.165, 1.54) is 13.2 Å². The first-order valence-corrected chi connectivity index (χ1v) is 11.7. The standard InChI is InChI=1S/C29H28N4O4/c1-36-27-17-21(9-13-26(27)37-20-28(30)34)10-14-29(35)31-18-24-5-2-3-6-25(24)23-11-7-22(8-12-23)19-33-16-4-15-32-33/h2-17H,18-20H2,1H3,(H2,30,34)(H,31,35)/b14-10+. The zero-order valence-electron chi connectivity index (χ0n) is 20.5. The number of ether oxygens (including phenoxy) is 2. The van der Waals surface area contributed by atoms with Gasteiger partial charge in [0.15, 0.2) is 18.1 Å². The van der Waals surface area contributed by atoms with Crippen molar-refractivity contribution in [1.82, 2.24) is 15.1 Å². The van der Waals surface area contributed by atoms with E-state index in [9.17, 15) is 9.59 Å². The smallest absolute Gasteiger partial charge is 0.255 e. The number of nitrogens with zero attached hydrogens (tertiary/aromatic N) is 2. The Bertz CT molecular complexity index is 1380. The number of primary amides is 1. The van der Waals surface area contributed by atoms with Crippen LogP contribution in [0, 0.1) is 0 Å². The van der Waals surface area contributed by atoms with Gasteiger partial charge in [-0.15, -0.1) is 0 Å². The van der Waals surface area contributed by atoms with Gasteiger partial charge < -0.3 is 20.5 Å². The molecule has 0 aliphatic heterocycles. The molecule has 1 heterocycles. The zero-order valence-corrected chi connectivity index (χ0v) is 20.5.